The number of nitrogens with one attached hydrogen (secondary N) is 1. The van der Waals surface area contributed by atoms with Gasteiger partial charge >= 0.3 is 0 Å². The summed E-state index contributed by atoms with van der Waals surface area (Å²) in [5.41, 5.74) is 5.49. The predicted octanol–water partition coefficient (Wildman–Crippen LogP) is 5.96. The summed E-state index contributed by atoms with van der Waals surface area (Å²) in [6.07, 6.45) is 3.53. The van der Waals surface area contributed by atoms with E-state index in [1.807, 2.05) is 48.5 Å². The molecule has 5 heteroatoms. The molecule has 2 aromatic heterocycles. The molecule has 5 aromatic rings. The first-order chi connectivity index (χ1) is 14.7. The first-order valence-electron chi connectivity index (χ1n) is 9.53. The number of phenols is 1. The maximum atomic E-state index is 10.7. The molecular weight excluding hydrogens is 394 g/mol. The number of hydrogen-bond acceptors (Lipinski definition) is 3. The van der Waals surface area contributed by atoms with Gasteiger partial charge in [-0.3, -0.25) is 4.98 Å². The number of aromatic nitrogens is 3. The highest BCUT2D eigenvalue weighted by molar-refractivity contribution is 6.30. The van der Waals surface area contributed by atoms with Crippen molar-refractivity contribution < 1.29 is 5.11 Å². The largest absolute Gasteiger partial charge is 0.508 e. The molecule has 1 atom stereocenters. The number of aromatic amines is 1. The van der Waals surface area contributed by atoms with Crippen molar-refractivity contribution in [3.63, 3.8) is 0 Å². The molecule has 0 aliphatic rings. The van der Waals surface area contributed by atoms with E-state index in [0.717, 1.165) is 33.5 Å². The summed E-state index contributed by atoms with van der Waals surface area (Å²) >= 11 is 6.29. The smallest absolute Gasteiger partial charge is 0.119 e. The van der Waals surface area contributed by atoms with Crippen LogP contribution in [0.2, 0.25) is 5.02 Å². The van der Waals surface area contributed by atoms with Crippen LogP contribution >= 0.6 is 11.6 Å². The van der Waals surface area contributed by atoms with Gasteiger partial charge in [-0.05, 0) is 71.3 Å². The molecule has 0 fully saturated rings. The zero-order valence-corrected chi connectivity index (χ0v) is 16.6. The van der Waals surface area contributed by atoms with Crippen molar-refractivity contribution in [2.45, 2.75) is 5.92 Å². The number of pyridine rings is 1. The quantitative estimate of drug-likeness (QED) is 0.384. The fourth-order valence-electron chi connectivity index (χ4n) is 3.72. The number of H-pyrrole nitrogens is 1. The van der Waals surface area contributed by atoms with Crippen LogP contribution in [0.1, 0.15) is 22.9 Å². The standard InChI is InChI=1S/C25H17ClN3O/c26-19-8-9-23(30)20(15-19)24(25-28-21-6-1-2-7-22(21)29-25)18-5-3-4-17(14-18)16-10-12-27-13-11-16/h1-2,4-15,24,30H,(H,28,29). The first kappa shape index (κ1) is 18.4. The van der Waals surface area contributed by atoms with Crippen LogP contribution < -0.4 is 0 Å². The van der Waals surface area contributed by atoms with Crippen LogP contribution in [0.25, 0.3) is 22.2 Å². The molecular formula is C25H17ClN3O. The van der Waals surface area contributed by atoms with Crippen LogP contribution in [0.3, 0.4) is 0 Å². The molecule has 0 amide bonds. The number of aromatic hydroxyl groups is 1. The summed E-state index contributed by atoms with van der Waals surface area (Å²) in [5, 5.41) is 11.2. The number of para-hydroxylation sites is 2. The van der Waals surface area contributed by atoms with Crippen molar-refractivity contribution in [2.24, 2.45) is 0 Å². The third-order valence-electron chi connectivity index (χ3n) is 5.14. The van der Waals surface area contributed by atoms with Crippen LogP contribution in [-0.2, 0) is 0 Å². The normalized spacial score (nSPS) is 12.2. The number of rotatable bonds is 4. The third-order valence-corrected chi connectivity index (χ3v) is 5.37. The van der Waals surface area contributed by atoms with Gasteiger partial charge in [-0.25, -0.2) is 4.98 Å². The highest BCUT2D eigenvalue weighted by Crippen LogP contribution is 2.38. The second-order valence-electron chi connectivity index (χ2n) is 7.07. The lowest BCUT2D eigenvalue weighted by Gasteiger charge is -2.18. The summed E-state index contributed by atoms with van der Waals surface area (Å²) in [7, 11) is 0. The lowest BCUT2D eigenvalue weighted by atomic mass is 9.88. The topological polar surface area (TPSA) is 61.8 Å². The minimum atomic E-state index is -0.339. The van der Waals surface area contributed by atoms with E-state index in [1.54, 1.807) is 30.6 Å². The van der Waals surface area contributed by atoms with Gasteiger partial charge in [0.1, 0.15) is 11.6 Å². The molecule has 0 bridgehead atoms. The monoisotopic (exact) mass is 410 g/mol. The van der Waals surface area contributed by atoms with Gasteiger partial charge in [0, 0.05) is 23.0 Å². The number of phenolic OH excluding ortho intramolecular Hbond substituents is 1. The van der Waals surface area contributed by atoms with Gasteiger partial charge < -0.3 is 10.1 Å². The number of nitrogens with zero attached hydrogens (tertiary/aromatic N) is 2. The number of hydrogen-bond donors (Lipinski definition) is 2. The van der Waals surface area contributed by atoms with E-state index in [1.165, 1.54) is 0 Å². The summed E-state index contributed by atoms with van der Waals surface area (Å²) in [5.74, 6) is 0.558. The molecule has 4 nitrogen and oxygen atoms in total. The molecule has 0 aliphatic heterocycles. The van der Waals surface area contributed by atoms with Gasteiger partial charge in [0.15, 0.2) is 0 Å². The minimum absolute atomic E-state index is 0.166. The molecule has 5 rings (SSSR count). The molecule has 30 heavy (non-hydrogen) atoms. The fraction of sp³-hybridized carbons (Fsp3) is 0.0400. The molecule has 0 aliphatic carbocycles. The highest BCUT2D eigenvalue weighted by Gasteiger charge is 2.24. The number of halogens is 1. The highest BCUT2D eigenvalue weighted by atomic mass is 35.5. The third kappa shape index (κ3) is 3.42. The van der Waals surface area contributed by atoms with Gasteiger partial charge in [-0.15, -0.1) is 0 Å². The van der Waals surface area contributed by atoms with E-state index in [0.29, 0.717) is 10.6 Å². The number of imidazole rings is 1. The van der Waals surface area contributed by atoms with Crippen molar-refractivity contribution in [2.75, 3.05) is 0 Å². The molecule has 1 unspecified atom stereocenters. The Labute approximate surface area is 178 Å². The van der Waals surface area contributed by atoms with Crippen molar-refractivity contribution >= 4 is 22.6 Å². The Bertz CT molecular complexity index is 1300. The summed E-state index contributed by atoms with van der Waals surface area (Å²) < 4.78 is 0. The van der Waals surface area contributed by atoms with Gasteiger partial charge in [0.2, 0.25) is 0 Å². The second kappa shape index (κ2) is 7.65. The van der Waals surface area contributed by atoms with Crippen LogP contribution in [0.4, 0.5) is 0 Å². The Hall–Kier alpha value is -3.63. The molecule has 0 saturated carbocycles. The van der Waals surface area contributed by atoms with Gasteiger partial charge in [-0.1, -0.05) is 35.9 Å². The predicted molar refractivity (Wildman–Crippen MR) is 119 cm³/mol. The molecule has 2 heterocycles. The molecule has 2 N–H and O–H groups in total. The molecule has 145 valence electrons. The zero-order chi connectivity index (χ0) is 20.5. The van der Waals surface area contributed by atoms with E-state index >= 15 is 0 Å². The van der Waals surface area contributed by atoms with Crippen molar-refractivity contribution in [3.05, 3.63) is 113 Å². The average Bonchev–Trinajstić information content (AvgIpc) is 3.21. The van der Waals surface area contributed by atoms with E-state index < -0.39 is 0 Å². The Morgan fingerprint density at radius 3 is 2.60 bits per heavy atom. The maximum Gasteiger partial charge on any atom is 0.119 e. The molecule has 3 aromatic carbocycles. The lowest BCUT2D eigenvalue weighted by Crippen LogP contribution is -2.06. The van der Waals surface area contributed by atoms with Crippen molar-refractivity contribution in [3.8, 4) is 16.9 Å². The SMILES string of the molecule is Oc1ccc(Cl)cc1C(c1c[c]cc(-c2ccncc2)c1)c1nc2ccccc2[nH]1. The van der Waals surface area contributed by atoms with Crippen LogP contribution in [-0.4, -0.2) is 20.1 Å². The first-order valence-corrected chi connectivity index (χ1v) is 9.91. The Morgan fingerprint density at radius 1 is 0.933 bits per heavy atom. The van der Waals surface area contributed by atoms with Gasteiger partial charge in [0.25, 0.3) is 0 Å². The van der Waals surface area contributed by atoms with Crippen molar-refractivity contribution in [1.29, 1.82) is 0 Å². The number of fused-ring (bicyclic) bond motifs is 1. The summed E-state index contributed by atoms with van der Waals surface area (Å²) in [4.78, 5) is 12.3. The fourth-order valence-corrected chi connectivity index (χ4v) is 3.90. The second-order valence-corrected chi connectivity index (χ2v) is 7.50. The van der Waals surface area contributed by atoms with E-state index in [4.69, 9.17) is 16.6 Å². The average molecular weight is 411 g/mol. The Balaban J connectivity index is 1.71. The summed E-state index contributed by atoms with van der Waals surface area (Å²) in [6.45, 7) is 0. The number of benzene rings is 3. The van der Waals surface area contributed by atoms with E-state index in [9.17, 15) is 5.11 Å². The molecule has 1 radical (unpaired) electrons. The van der Waals surface area contributed by atoms with Gasteiger partial charge in [-0.2, -0.15) is 0 Å². The molecule has 0 spiro atoms. The minimum Gasteiger partial charge on any atom is -0.508 e. The molecule has 0 saturated heterocycles. The van der Waals surface area contributed by atoms with E-state index in [-0.39, 0.29) is 11.7 Å². The van der Waals surface area contributed by atoms with Gasteiger partial charge in [0.05, 0.1) is 17.0 Å². The Kier molecular flexibility index (Phi) is 4.69. The summed E-state index contributed by atoms with van der Waals surface area (Å²) in [6, 6.07) is 26.0. The van der Waals surface area contributed by atoms with Crippen LogP contribution in [0.5, 0.6) is 5.75 Å². The van der Waals surface area contributed by atoms with Crippen molar-refractivity contribution in [1.82, 2.24) is 15.0 Å². The Morgan fingerprint density at radius 2 is 1.77 bits per heavy atom. The maximum absolute atomic E-state index is 10.7. The van der Waals surface area contributed by atoms with Crippen LogP contribution in [0, 0.1) is 6.07 Å². The lowest BCUT2D eigenvalue weighted by molar-refractivity contribution is 0.466. The van der Waals surface area contributed by atoms with Crippen LogP contribution in [0.15, 0.2) is 85.2 Å². The zero-order valence-electron chi connectivity index (χ0n) is 15.9. The van der Waals surface area contributed by atoms with E-state index in [2.05, 4.69) is 22.1 Å².